The summed E-state index contributed by atoms with van der Waals surface area (Å²) in [5.41, 5.74) is 33.3. The van der Waals surface area contributed by atoms with Gasteiger partial charge < -0.3 is 46.9 Å². The lowest BCUT2D eigenvalue weighted by Crippen LogP contribution is -2.28. The number of aliphatic hydroxyl groups is 1. The lowest BCUT2D eigenvalue weighted by molar-refractivity contribution is -0.146. The van der Waals surface area contributed by atoms with Gasteiger partial charge in [-0.1, -0.05) is 12.1 Å². The molecule has 10 N–H and O–H groups in total. The number of carboxylic acids is 3. The maximum atomic E-state index is 14.0. The molecule has 15 rings (SSSR count). The number of hydrogen-bond acceptors (Lipinski definition) is 19. The normalized spacial score (nSPS) is 19.8. The second-order valence-electron chi connectivity index (χ2n) is 27.3. The van der Waals surface area contributed by atoms with Crippen LogP contribution in [0.4, 0.5) is 30.6 Å². The number of aromatic nitrogens is 17. The van der Waals surface area contributed by atoms with E-state index in [1.807, 2.05) is 43.6 Å². The molecular formula is C75H80Br3F3N20O8. The quantitative estimate of drug-likeness (QED) is 0.0351. The van der Waals surface area contributed by atoms with Crippen LogP contribution in [0.15, 0.2) is 124 Å². The molecule has 0 amide bonds. The van der Waals surface area contributed by atoms with E-state index in [1.165, 1.54) is 19.3 Å². The minimum Gasteiger partial charge on any atom is -0.479 e. The van der Waals surface area contributed by atoms with E-state index in [0.29, 0.717) is 149 Å². The van der Waals surface area contributed by atoms with Crippen LogP contribution in [-0.2, 0) is 39.2 Å². The fourth-order valence-electron chi connectivity index (χ4n) is 14.7. The fraction of sp³-hybridized carbons (Fsp3) is 0.387. The number of nitrogens with zero attached hydrogens (tertiary/aromatic N) is 17. The minimum atomic E-state index is -2.25. The van der Waals surface area contributed by atoms with Crippen LogP contribution in [0.3, 0.4) is 0 Å². The number of ether oxygens (including phenoxy) is 1. The lowest BCUT2D eigenvalue weighted by Gasteiger charge is -2.29. The first-order valence-corrected chi connectivity index (χ1v) is 37.7. The van der Waals surface area contributed by atoms with Crippen LogP contribution >= 0.6 is 47.8 Å². The number of nitrogens with two attached hydrogens (primary N) is 3. The van der Waals surface area contributed by atoms with E-state index in [1.54, 1.807) is 84.6 Å². The van der Waals surface area contributed by atoms with Gasteiger partial charge in [0.2, 0.25) is 0 Å². The maximum Gasteiger partial charge on any atom is 0.338 e. The van der Waals surface area contributed by atoms with Gasteiger partial charge in [0.1, 0.15) is 17.5 Å². The number of aryl methyl sites for hydroxylation is 2. The number of hydrogen-bond donors (Lipinski definition) is 7. The molecule has 3 fully saturated rings. The minimum absolute atomic E-state index is 0.00410. The number of nitrogen functional groups attached to an aromatic ring is 3. The van der Waals surface area contributed by atoms with Crippen molar-refractivity contribution < 1.29 is 59.6 Å². The third-order valence-corrected chi connectivity index (χ3v) is 23.1. The Morgan fingerprint density at radius 3 is 1.32 bits per heavy atom. The summed E-state index contributed by atoms with van der Waals surface area (Å²) >= 11 is 10.7. The van der Waals surface area contributed by atoms with Crippen LogP contribution in [0.5, 0.6) is 0 Å². The molecule has 0 spiro atoms. The summed E-state index contributed by atoms with van der Waals surface area (Å²) in [5, 5.41) is 58.0. The van der Waals surface area contributed by atoms with E-state index >= 15 is 0 Å². The number of pyridine rings is 3. The van der Waals surface area contributed by atoms with E-state index in [2.05, 4.69) is 88.2 Å². The first-order chi connectivity index (χ1) is 54.3. The molecule has 0 bridgehead atoms. The summed E-state index contributed by atoms with van der Waals surface area (Å²) in [7, 11) is 0. The van der Waals surface area contributed by atoms with Crippen LogP contribution in [0.2, 0.25) is 0 Å². The van der Waals surface area contributed by atoms with Crippen molar-refractivity contribution in [3.63, 3.8) is 0 Å². The number of anilines is 3. The average molecular weight is 1690 g/mol. The van der Waals surface area contributed by atoms with E-state index < -0.39 is 67.7 Å². The third kappa shape index (κ3) is 16.3. The second kappa shape index (κ2) is 33.4. The molecular weight excluding hydrogens is 1610 g/mol. The molecule has 28 nitrogen and oxygen atoms in total. The van der Waals surface area contributed by atoms with Crippen molar-refractivity contribution in [2.75, 3.05) is 37.0 Å². The number of alkyl halides is 3. The number of halogens is 6. The van der Waals surface area contributed by atoms with E-state index in [-0.39, 0.29) is 31.0 Å². The zero-order valence-electron chi connectivity index (χ0n) is 63.9. The van der Waals surface area contributed by atoms with Gasteiger partial charge in [0.05, 0.1) is 108 Å². The van der Waals surface area contributed by atoms with Crippen LogP contribution in [0.1, 0.15) is 131 Å². The highest BCUT2D eigenvalue weighted by Gasteiger charge is 2.38. The molecule has 34 heteroatoms. The molecule has 3 aliphatic rings. The fourth-order valence-corrected chi connectivity index (χ4v) is 16.5. The van der Waals surface area contributed by atoms with Crippen molar-refractivity contribution in [1.29, 1.82) is 0 Å². The Kier molecular flexibility index (Phi) is 21.7. The smallest absolute Gasteiger partial charge is 0.338 e. The molecule has 12 aromatic rings. The molecule has 0 saturated heterocycles. The topological polar surface area (TPSA) is 389 Å². The highest BCUT2D eigenvalue weighted by atomic mass is 79.9. The van der Waals surface area contributed by atoms with Gasteiger partial charge in [0, 0.05) is 147 Å². The molecule has 570 valence electrons. The van der Waals surface area contributed by atoms with Crippen LogP contribution in [-0.4, -0.2) is 159 Å². The number of aliphatic hydroxyl groups excluding tert-OH is 1. The van der Waals surface area contributed by atoms with Gasteiger partial charge in [-0.05, 0) is 169 Å². The van der Waals surface area contributed by atoms with Crippen molar-refractivity contribution in [2.45, 2.75) is 140 Å². The third-order valence-electron chi connectivity index (χ3n) is 20.6. The SMILES string of the molecule is Cc1cc(-c2cnn3c(N)c(Br)c(C4CCC(C(F)C(=O)O)CC4)nc23)cnc1-c1cnn(CCO)c1.[2H]C([2H])(C)OCCn1cc(-c2ccc(-c3cnn4c(N)c(Br)c(C5CCC(C(F)C(=O)O)CC5)nc34)cn2)cn1.[2H]C([2H])([2H])n1ccc(-c2ccc(-c3cnn4c(N)c(Br)c(C5CCC(C(F)C(=O)O)CC5)nc34)cn2)c1. The van der Waals surface area contributed by atoms with E-state index in [0.717, 1.165) is 83.1 Å². The molecule has 3 unspecified atom stereocenters. The molecule has 0 radical (unpaired) electrons. The second-order valence-corrected chi connectivity index (χ2v) is 29.7. The largest absolute Gasteiger partial charge is 0.479 e. The van der Waals surface area contributed by atoms with Crippen LogP contribution in [0.25, 0.3) is 84.1 Å². The predicted molar refractivity (Wildman–Crippen MR) is 412 cm³/mol. The Morgan fingerprint density at radius 2 is 0.936 bits per heavy atom. The molecule has 109 heavy (non-hydrogen) atoms. The number of carbonyl (C=O) groups is 3. The summed E-state index contributed by atoms with van der Waals surface area (Å²) < 4.78 is 95.8. The number of fused-ring (bicyclic) bond motifs is 3. The van der Waals surface area contributed by atoms with Gasteiger partial charge >= 0.3 is 17.9 Å². The van der Waals surface area contributed by atoms with Gasteiger partial charge in [-0.15, -0.1) is 0 Å². The van der Waals surface area contributed by atoms with Crippen LogP contribution in [0, 0.1) is 24.7 Å². The average Bonchev–Trinajstić information content (AvgIpc) is 1.54. The van der Waals surface area contributed by atoms with Gasteiger partial charge in [0.25, 0.3) is 0 Å². The van der Waals surface area contributed by atoms with E-state index in [9.17, 15) is 27.6 Å². The molecule has 0 aromatic carbocycles. The Balaban J connectivity index is 0.000000149. The molecule has 12 heterocycles. The first-order valence-electron chi connectivity index (χ1n) is 37.8. The number of aliphatic carboxylic acids is 3. The highest BCUT2D eigenvalue weighted by Crippen LogP contribution is 2.46. The van der Waals surface area contributed by atoms with Crippen LogP contribution < -0.4 is 17.2 Å². The van der Waals surface area contributed by atoms with Gasteiger partial charge in [0.15, 0.2) is 35.5 Å². The summed E-state index contributed by atoms with van der Waals surface area (Å²) in [6.07, 6.45) is 21.3. The van der Waals surface area contributed by atoms with Crippen molar-refractivity contribution in [1.82, 2.24) is 82.9 Å². The standard InChI is InChI=1S/C26H29BrFN7O3.C25H27BrFN7O3.C24H24BrFN6O2/c1-2-38-10-9-34-14-18(12-31-34)20-8-7-17(11-30-20)19-13-32-35-24(29)21(27)23(33-25(19)35)16-5-3-15(4-6-16)22(28)26(36)37;1-13-8-16(9-29-21(13)17-10-30-33(12-17)6-7-35)18-11-31-34-23(28)19(26)22(32-24(18)34)15-4-2-14(3-5-15)20(27)25(36)37;1-31-9-8-16(12-31)18-7-6-15(10-28-18)17-11-29-32-22(27)19(25)21(30-23(17)32)14-4-2-13(3-5-14)20(26)24(33)34/h7-8,11-16,22H,2-6,9-10,29H2,1H3,(H,36,37);8-12,14-15,20,35H,2-7,28H2,1H3,(H,36,37);6-14,20H,2-5,27H2,1H3,(H,33,34)/i2D2;;1D3. The Bertz CT molecular complexity index is 5500. The van der Waals surface area contributed by atoms with Gasteiger partial charge in [-0.3, -0.25) is 24.3 Å². The number of rotatable bonds is 21. The Hall–Kier alpha value is -10.0. The summed E-state index contributed by atoms with van der Waals surface area (Å²) in [6.45, 7) is 0.415. The van der Waals surface area contributed by atoms with Crippen molar-refractivity contribution in [2.24, 2.45) is 24.7 Å². The van der Waals surface area contributed by atoms with Crippen molar-refractivity contribution in [3.8, 4) is 67.2 Å². The summed E-state index contributed by atoms with van der Waals surface area (Å²) in [5.74, 6) is -4.44. The van der Waals surface area contributed by atoms with Gasteiger partial charge in [-0.2, -0.15) is 39.0 Å². The first kappa shape index (κ1) is 70.6. The summed E-state index contributed by atoms with van der Waals surface area (Å²) in [4.78, 5) is 61.7. The zero-order chi connectivity index (χ0) is 81.4. The monoisotopic (exact) mass is 1690 g/mol. The maximum absolute atomic E-state index is 14.0. The van der Waals surface area contributed by atoms with E-state index in [4.69, 9.17) is 64.2 Å². The Labute approximate surface area is 654 Å². The van der Waals surface area contributed by atoms with Gasteiger partial charge in [-0.25, -0.2) is 42.5 Å². The molecule has 3 atom stereocenters. The van der Waals surface area contributed by atoms with Crippen molar-refractivity contribution in [3.05, 3.63) is 147 Å². The molecule has 12 aromatic heterocycles. The highest BCUT2D eigenvalue weighted by molar-refractivity contribution is 9.11. The van der Waals surface area contributed by atoms with Crippen molar-refractivity contribution >= 4 is 100 Å². The molecule has 3 aliphatic carbocycles. The number of carboxylic acid groups (broad SMARTS) is 3. The predicted octanol–water partition coefficient (Wildman–Crippen LogP) is 13.6. The lowest BCUT2D eigenvalue weighted by atomic mass is 9.78. The molecule has 0 aliphatic heterocycles. The summed E-state index contributed by atoms with van der Waals surface area (Å²) in [6, 6.07) is 11.2. The Morgan fingerprint density at radius 1 is 0.532 bits per heavy atom. The zero-order valence-corrected chi connectivity index (χ0v) is 63.7. The molecule has 3 saturated carbocycles.